The average molecular weight is 413 g/mol. The van der Waals surface area contributed by atoms with E-state index in [0.717, 1.165) is 29.5 Å². The average Bonchev–Trinajstić information content (AvgIpc) is 3.14. The van der Waals surface area contributed by atoms with Crippen LogP contribution in [-0.4, -0.2) is 29.5 Å². The monoisotopic (exact) mass is 412 g/mol. The van der Waals surface area contributed by atoms with Crippen molar-refractivity contribution in [1.82, 2.24) is 10.3 Å². The summed E-state index contributed by atoms with van der Waals surface area (Å²) in [5.41, 5.74) is 2.76. The number of hydrogen-bond acceptors (Lipinski definition) is 6. The zero-order valence-corrected chi connectivity index (χ0v) is 17.3. The number of aromatic nitrogens is 1. The summed E-state index contributed by atoms with van der Waals surface area (Å²) in [6.45, 7) is 3.69. The predicted octanol–water partition coefficient (Wildman–Crippen LogP) is 4.58. The number of nitrogens with zero attached hydrogens (tertiary/aromatic N) is 1. The third-order valence-electron chi connectivity index (χ3n) is 4.33. The van der Waals surface area contributed by atoms with Crippen molar-refractivity contribution in [2.75, 3.05) is 6.61 Å². The molecule has 0 bridgehead atoms. The van der Waals surface area contributed by atoms with Gasteiger partial charge in [-0.05, 0) is 37.1 Å². The van der Waals surface area contributed by atoms with Gasteiger partial charge in [-0.1, -0.05) is 55.4 Å². The zero-order valence-electron chi connectivity index (χ0n) is 16.5. The number of nitrogens with one attached hydrogen (secondary N) is 1. The first-order valence-corrected chi connectivity index (χ1v) is 10.6. The van der Waals surface area contributed by atoms with E-state index in [-0.39, 0.29) is 18.6 Å². The number of fused-ring (bicyclic) bond motifs is 1. The molecule has 0 spiro atoms. The molecule has 3 aromatic rings. The predicted molar refractivity (Wildman–Crippen MR) is 113 cm³/mol. The lowest BCUT2D eigenvalue weighted by molar-refractivity contribution is -0.124. The van der Waals surface area contributed by atoms with E-state index < -0.39 is 5.97 Å². The molecule has 1 amide bonds. The lowest BCUT2D eigenvalue weighted by Gasteiger charge is -2.13. The van der Waals surface area contributed by atoms with E-state index in [1.54, 1.807) is 12.1 Å². The number of carbonyl (C=O) groups is 2. The van der Waals surface area contributed by atoms with Gasteiger partial charge in [-0.25, -0.2) is 9.78 Å². The highest BCUT2D eigenvalue weighted by molar-refractivity contribution is 7.98. The van der Waals surface area contributed by atoms with Gasteiger partial charge in [0.2, 0.25) is 0 Å². The van der Waals surface area contributed by atoms with Crippen molar-refractivity contribution in [3.8, 4) is 0 Å². The molecule has 1 atom stereocenters. The molecule has 1 heterocycles. The Bertz CT molecular complexity index is 953. The van der Waals surface area contributed by atoms with Crippen LogP contribution < -0.4 is 5.32 Å². The SMILES string of the molecule is CCC[C@@H](C)NC(=O)COC(=O)c1ccccc1CSc1nc2ccccc2o1. The van der Waals surface area contributed by atoms with Crippen molar-refractivity contribution in [3.05, 3.63) is 59.7 Å². The van der Waals surface area contributed by atoms with E-state index in [9.17, 15) is 9.59 Å². The van der Waals surface area contributed by atoms with Gasteiger partial charge in [0.25, 0.3) is 11.1 Å². The molecule has 0 saturated heterocycles. The van der Waals surface area contributed by atoms with E-state index in [2.05, 4.69) is 17.2 Å². The summed E-state index contributed by atoms with van der Waals surface area (Å²) in [6, 6.07) is 14.8. The number of esters is 1. The standard InChI is InChI=1S/C22H24N2O4S/c1-3-8-15(2)23-20(25)13-27-21(26)17-10-5-4-9-16(17)14-29-22-24-18-11-6-7-12-19(18)28-22/h4-7,9-12,15H,3,8,13-14H2,1-2H3,(H,23,25)/t15-/m1/s1. The molecule has 0 unspecified atom stereocenters. The second-order valence-corrected chi connectivity index (χ2v) is 7.65. The third kappa shape index (κ3) is 5.84. The van der Waals surface area contributed by atoms with Gasteiger partial charge >= 0.3 is 5.97 Å². The molecule has 3 rings (SSSR count). The van der Waals surface area contributed by atoms with Gasteiger partial charge in [0, 0.05) is 11.8 Å². The molecule has 6 nitrogen and oxygen atoms in total. The Balaban J connectivity index is 1.59. The molecule has 0 radical (unpaired) electrons. The van der Waals surface area contributed by atoms with Gasteiger partial charge in [0.05, 0.1) is 5.56 Å². The minimum atomic E-state index is -0.517. The molecule has 0 fully saturated rings. The fraction of sp³-hybridized carbons (Fsp3) is 0.318. The lowest BCUT2D eigenvalue weighted by Crippen LogP contribution is -2.35. The van der Waals surface area contributed by atoms with Gasteiger partial charge in [0.1, 0.15) is 5.52 Å². The molecule has 152 valence electrons. The highest BCUT2D eigenvalue weighted by atomic mass is 32.2. The van der Waals surface area contributed by atoms with E-state index in [0.29, 0.717) is 16.5 Å². The van der Waals surface area contributed by atoms with E-state index in [4.69, 9.17) is 9.15 Å². The lowest BCUT2D eigenvalue weighted by atomic mass is 10.1. The fourth-order valence-corrected chi connectivity index (χ4v) is 3.77. The Hall–Kier alpha value is -2.80. The molecule has 29 heavy (non-hydrogen) atoms. The highest BCUT2D eigenvalue weighted by Gasteiger charge is 2.16. The summed E-state index contributed by atoms with van der Waals surface area (Å²) in [4.78, 5) is 28.8. The Morgan fingerprint density at radius 2 is 1.93 bits per heavy atom. The maximum absolute atomic E-state index is 12.5. The Labute approximate surface area is 174 Å². The van der Waals surface area contributed by atoms with Gasteiger partial charge in [0.15, 0.2) is 12.2 Å². The highest BCUT2D eigenvalue weighted by Crippen LogP contribution is 2.27. The summed E-state index contributed by atoms with van der Waals surface area (Å²) >= 11 is 1.40. The van der Waals surface area contributed by atoms with Gasteiger partial charge in [-0.15, -0.1) is 0 Å². The van der Waals surface area contributed by atoms with Crippen LogP contribution in [0.2, 0.25) is 0 Å². The Morgan fingerprint density at radius 1 is 1.17 bits per heavy atom. The fourth-order valence-electron chi connectivity index (χ4n) is 2.93. The van der Waals surface area contributed by atoms with Crippen LogP contribution in [0.15, 0.2) is 58.2 Å². The van der Waals surface area contributed by atoms with Gasteiger partial charge in [-0.2, -0.15) is 0 Å². The number of oxazole rings is 1. The maximum atomic E-state index is 12.5. The van der Waals surface area contributed by atoms with Crippen LogP contribution in [0.3, 0.4) is 0 Å². The van der Waals surface area contributed by atoms with Crippen LogP contribution in [0.5, 0.6) is 0 Å². The topological polar surface area (TPSA) is 81.4 Å². The number of benzene rings is 2. The molecule has 0 aliphatic heterocycles. The van der Waals surface area contributed by atoms with Crippen molar-refractivity contribution >= 4 is 34.7 Å². The van der Waals surface area contributed by atoms with Crippen molar-refractivity contribution in [3.63, 3.8) is 0 Å². The number of hydrogen-bond donors (Lipinski definition) is 1. The minimum absolute atomic E-state index is 0.0613. The largest absolute Gasteiger partial charge is 0.452 e. The molecule has 0 saturated carbocycles. The first-order chi connectivity index (χ1) is 14.1. The second-order valence-electron chi connectivity index (χ2n) is 6.73. The number of amides is 1. The van der Waals surface area contributed by atoms with Crippen LogP contribution in [0, 0.1) is 0 Å². The zero-order chi connectivity index (χ0) is 20.6. The summed E-state index contributed by atoms with van der Waals surface area (Å²) in [7, 11) is 0. The van der Waals surface area contributed by atoms with Crippen LogP contribution in [0.25, 0.3) is 11.1 Å². The number of para-hydroxylation sites is 2. The first-order valence-electron chi connectivity index (χ1n) is 9.59. The van der Waals surface area contributed by atoms with E-state index in [1.807, 2.05) is 43.3 Å². The number of ether oxygens (including phenoxy) is 1. The first kappa shape index (κ1) is 20.9. The molecule has 0 aliphatic carbocycles. The van der Waals surface area contributed by atoms with Gasteiger partial charge in [-0.3, -0.25) is 4.79 Å². The van der Waals surface area contributed by atoms with Crippen LogP contribution in [-0.2, 0) is 15.3 Å². The van der Waals surface area contributed by atoms with Crippen LogP contribution >= 0.6 is 11.8 Å². The molecule has 7 heteroatoms. The summed E-state index contributed by atoms with van der Waals surface area (Å²) in [5.74, 6) is -0.313. The van der Waals surface area contributed by atoms with Crippen molar-refractivity contribution in [2.24, 2.45) is 0 Å². The number of thioether (sulfide) groups is 1. The number of rotatable bonds is 9. The molecule has 1 aromatic heterocycles. The van der Waals surface area contributed by atoms with Crippen molar-refractivity contribution in [1.29, 1.82) is 0 Å². The molecule has 1 N–H and O–H groups in total. The molecule has 2 aromatic carbocycles. The Kier molecular flexibility index (Phi) is 7.30. The smallest absolute Gasteiger partial charge is 0.338 e. The maximum Gasteiger partial charge on any atom is 0.338 e. The van der Waals surface area contributed by atoms with Crippen molar-refractivity contribution in [2.45, 2.75) is 43.7 Å². The third-order valence-corrected chi connectivity index (χ3v) is 5.20. The van der Waals surface area contributed by atoms with Crippen LogP contribution in [0.4, 0.5) is 0 Å². The minimum Gasteiger partial charge on any atom is -0.452 e. The second kappa shape index (κ2) is 10.1. The van der Waals surface area contributed by atoms with Gasteiger partial charge < -0.3 is 14.5 Å². The van der Waals surface area contributed by atoms with E-state index >= 15 is 0 Å². The summed E-state index contributed by atoms with van der Waals surface area (Å²) in [5, 5.41) is 3.36. The molecular weight excluding hydrogens is 388 g/mol. The molecule has 0 aliphatic rings. The van der Waals surface area contributed by atoms with Crippen LogP contribution in [0.1, 0.15) is 42.6 Å². The van der Waals surface area contributed by atoms with Crippen molar-refractivity contribution < 1.29 is 18.7 Å². The van der Waals surface area contributed by atoms with E-state index in [1.165, 1.54) is 11.8 Å². The number of carbonyl (C=O) groups excluding carboxylic acids is 2. The summed E-state index contributed by atoms with van der Waals surface area (Å²) in [6.07, 6.45) is 1.86. The normalized spacial score (nSPS) is 11.9. The quantitative estimate of drug-likeness (QED) is 0.409. The summed E-state index contributed by atoms with van der Waals surface area (Å²) < 4.78 is 10.9. The molecular formula is C22H24N2O4S. The Morgan fingerprint density at radius 3 is 2.72 bits per heavy atom.